The maximum atomic E-state index is 4.51. The van der Waals surface area contributed by atoms with Gasteiger partial charge >= 0.3 is 0 Å². The van der Waals surface area contributed by atoms with Gasteiger partial charge in [-0.25, -0.2) is 4.98 Å². The van der Waals surface area contributed by atoms with Crippen LogP contribution >= 0.6 is 34.6 Å². The van der Waals surface area contributed by atoms with E-state index >= 15 is 0 Å². The van der Waals surface area contributed by atoms with Crippen LogP contribution in [0, 0.1) is 6.92 Å². The second-order valence-electron chi connectivity index (χ2n) is 4.01. The third-order valence-electron chi connectivity index (χ3n) is 2.70. The Labute approximate surface area is 124 Å². The zero-order chi connectivity index (χ0) is 12.5. The number of rotatable bonds is 2. The summed E-state index contributed by atoms with van der Waals surface area (Å²) in [4.78, 5) is 7.01. The zero-order valence-corrected chi connectivity index (χ0v) is 12.8. The van der Waals surface area contributed by atoms with Crippen molar-refractivity contribution in [3.63, 3.8) is 0 Å². The molecule has 1 aromatic heterocycles. The van der Waals surface area contributed by atoms with E-state index in [1.807, 2.05) is 13.0 Å². The van der Waals surface area contributed by atoms with Crippen molar-refractivity contribution in [1.82, 2.24) is 7.76 Å². The summed E-state index contributed by atoms with van der Waals surface area (Å²) >= 11 is 4.07. The van der Waals surface area contributed by atoms with Crippen molar-refractivity contribution in [2.24, 2.45) is 0 Å². The normalized spacial score (nSPS) is 11.0. The van der Waals surface area contributed by atoms with E-state index in [1.54, 1.807) is 11.8 Å². The maximum absolute atomic E-state index is 4.51. The van der Waals surface area contributed by atoms with Crippen LogP contribution in [0.4, 0.5) is 0 Å². The fourth-order valence-electron chi connectivity index (χ4n) is 1.84. The minimum Gasteiger partial charge on any atom is -0.268 e. The highest BCUT2D eigenvalue weighted by molar-refractivity contribution is 14.1. The van der Waals surface area contributed by atoms with Crippen LogP contribution in [0.1, 0.15) is 5.82 Å². The molecule has 3 rings (SSSR count). The Kier molecular flexibility index (Phi) is 3.30. The van der Waals surface area contributed by atoms with Gasteiger partial charge in [-0.3, -0.25) is 2.78 Å². The van der Waals surface area contributed by atoms with Gasteiger partial charge < -0.3 is 0 Å². The Balaban J connectivity index is 2.01. The highest BCUT2D eigenvalue weighted by Gasteiger charge is 2.06. The van der Waals surface area contributed by atoms with Crippen molar-refractivity contribution >= 4 is 45.7 Å². The molecule has 2 nitrogen and oxygen atoms in total. The average molecular weight is 366 g/mol. The first-order chi connectivity index (χ1) is 8.74. The van der Waals surface area contributed by atoms with Gasteiger partial charge in [0.25, 0.3) is 0 Å². The fraction of sp³-hybridized carbons (Fsp3) is 0.0714. The molecule has 0 saturated heterocycles. The van der Waals surface area contributed by atoms with Crippen molar-refractivity contribution in [1.29, 1.82) is 0 Å². The van der Waals surface area contributed by atoms with Gasteiger partial charge in [0.2, 0.25) is 0 Å². The molecule has 0 atom stereocenters. The third kappa shape index (κ3) is 2.27. The van der Waals surface area contributed by atoms with E-state index in [0.29, 0.717) is 0 Å². The van der Waals surface area contributed by atoms with E-state index in [0.717, 1.165) is 11.3 Å². The van der Waals surface area contributed by atoms with Gasteiger partial charge in [0.1, 0.15) is 5.82 Å². The predicted molar refractivity (Wildman–Crippen MR) is 84.5 cm³/mol. The van der Waals surface area contributed by atoms with Gasteiger partial charge in [0.05, 0.1) is 33.9 Å². The van der Waals surface area contributed by atoms with E-state index in [2.05, 4.69) is 73.1 Å². The fourth-order valence-corrected chi connectivity index (χ4v) is 3.20. The molecule has 0 aliphatic heterocycles. The van der Waals surface area contributed by atoms with Gasteiger partial charge in [-0.05, 0) is 37.3 Å². The summed E-state index contributed by atoms with van der Waals surface area (Å²) < 4.78 is 2.10. The molecular weight excluding hydrogens is 355 g/mol. The Morgan fingerprint density at radius 3 is 2.61 bits per heavy atom. The first-order valence-electron chi connectivity index (χ1n) is 5.62. The number of aromatic nitrogens is 2. The number of halogens is 1. The molecule has 2 aromatic carbocycles. The molecule has 0 aliphatic rings. The lowest BCUT2D eigenvalue weighted by Crippen LogP contribution is -1.81. The second kappa shape index (κ2) is 4.93. The second-order valence-corrected chi connectivity index (χ2v) is 6.12. The number of fused-ring (bicyclic) bond motifs is 1. The molecule has 0 bridgehead atoms. The molecule has 0 amide bonds. The molecule has 3 aromatic rings. The van der Waals surface area contributed by atoms with Crippen LogP contribution in [0.3, 0.4) is 0 Å². The van der Waals surface area contributed by atoms with Crippen molar-refractivity contribution in [2.45, 2.75) is 16.7 Å². The van der Waals surface area contributed by atoms with Crippen molar-refractivity contribution in [3.8, 4) is 0 Å². The number of nitrogens with zero attached hydrogens (tertiary/aromatic N) is 2. The molecule has 18 heavy (non-hydrogen) atoms. The van der Waals surface area contributed by atoms with Gasteiger partial charge in [0, 0.05) is 9.79 Å². The monoisotopic (exact) mass is 366 g/mol. The number of benzene rings is 2. The molecule has 0 saturated carbocycles. The number of hydrogen-bond acceptors (Lipinski definition) is 2. The first kappa shape index (κ1) is 12.0. The van der Waals surface area contributed by atoms with Crippen LogP contribution in [-0.2, 0) is 0 Å². The molecule has 4 heteroatoms. The van der Waals surface area contributed by atoms with E-state index in [9.17, 15) is 0 Å². The quantitative estimate of drug-likeness (QED) is 0.612. The van der Waals surface area contributed by atoms with Crippen LogP contribution in [0.25, 0.3) is 11.0 Å². The van der Waals surface area contributed by atoms with Crippen LogP contribution in [0.15, 0.2) is 58.3 Å². The summed E-state index contributed by atoms with van der Waals surface area (Å²) in [6, 6.07) is 16.8. The standard InChI is InChI=1S/C14H11IN2S/c1-10-16-13-8-7-12(9-14(13)17(10)15)18-11-5-3-2-4-6-11/h2-9H,1H3. The lowest BCUT2D eigenvalue weighted by molar-refractivity contribution is 1.15. The summed E-state index contributed by atoms with van der Waals surface area (Å²) in [5.41, 5.74) is 2.23. The zero-order valence-electron chi connectivity index (χ0n) is 9.80. The average Bonchev–Trinajstić information content (AvgIpc) is 2.67. The van der Waals surface area contributed by atoms with Crippen molar-refractivity contribution in [2.75, 3.05) is 0 Å². The molecule has 0 spiro atoms. The molecule has 90 valence electrons. The number of hydrogen-bond donors (Lipinski definition) is 0. The summed E-state index contributed by atoms with van der Waals surface area (Å²) in [5.74, 6) is 1.03. The topological polar surface area (TPSA) is 17.8 Å². The molecule has 0 N–H and O–H groups in total. The van der Waals surface area contributed by atoms with Gasteiger partial charge in [-0.1, -0.05) is 30.0 Å². The molecule has 0 aliphatic carbocycles. The SMILES string of the molecule is Cc1nc2ccc(Sc3ccccc3)cc2n1I. The Bertz CT molecular complexity index is 692. The van der Waals surface area contributed by atoms with Crippen LogP contribution < -0.4 is 0 Å². The van der Waals surface area contributed by atoms with Gasteiger partial charge in [-0.2, -0.15) is 0 Å². The largest absolute Gasteiger partial charge is 0.268 e. The number of imidazole rings is 1. The third-order valence-corrected chi connectivity index (χ3v) is 4.92. The molecular formula is C14H11IN2S. The maximum Gasteiger partial charge on any atom is 0.115 e. The summed E-state index contributed by atoms with van der Waals surface area (Å²) in [6.45, 7) is 2.02. The predicted octanol–water partition coefficient (Wildman–Crippen LogP) is 4.69. The lowest BCUT2D eigenvalue weighted by Gasteiger charge is -2.02. The van der Waals surface area contributed by atoms with Crippen molar-refractivity contribution in [3.05, 3.63) is 54.4 Å². The van der Waals surface area contributed by atoms with E-state index in [4.69, 9.17) is 0 Å². The van der Waals surface area contributed by atoms with Gasteiger partial charge in [0.15, 0.2) is 0 Å². The Hall–Kier alpha value is -1.01. The smallest absolute Gasteiger partial charge is 0.115 e. The van der Waals surface area contributed by atoms with E-state index in [1.165, 1.54) is 15.3 Å². The Morgan fingerprint density at radius 1 is 1.06 bits per heavy atom. The molecule has 0 radical (unpaired) electrons. The summed E-state index contributed by atoms with van der Waals surface area (Å²) in [5, 5.41) is 0. The first-order valence-corrected chi connectivity index (χ1v) is 7.40. The summed E-state index contributed by atoms with van der Waals surface area (Å²) in [6.07, 6.45) is 0. The van der Waals surface area contributed by atoms with E-state index < -0.39 is 0 Å². The van der Waals surface area contributed by atoms with Crippen molar-refractivity contribution < 1.29 is 0 Å². The van der Waals surface area contributed by atoms with Gasteiger partial charge in [-0.15, -0.1) is 0 Å². The highest BCUT2D eigenvalue weighted by Crippen LogP contribution is 2.30. The summed E-state index contributed by atoms with van der Waals surface area (Å²) in [7, 11) is 0. The Morgan fingerprint density at radius 2 is 1.83 bits per heavy atom. The van der Waals surface area contributed by atoms with Crippen LogP contribution in [-0.4, -0.2) is 7.76 Å². The minimum atomic E-state index is 1.03. The van der Waals surface area contributed by atoms with Crippen LogP contribution in [0.5, 0.6) is 0 Å². The molecule has 1 heterocycles. The lowest BCUT2D eigenvalue weighted by atomic mass is 10.3. The molecule has 0 fully saturated rings. The molecule has 0 unspecified atom stereocenters. The highest BCUT2D eigenvalue weighted by atomic mass is 127. The van der Waals surface area contributed by atoms with Crippen LogP contribution in [0.2, 0.25) is 0 Å². The van der Waals surface area contributed by atoms with E-state index in [-0.39, 0.29) is 0 Å². The number of aryl methyl sites for hydroxylation is 1. The minimum absolute atomic E-state index is 1.03.